The van der Waals surface area contributed by atoms with Crippen LogP contribution in [-0.2, 0) is 16.6 Å². The summed E-state index contributed by atoms with van der Waals surface area (Å²) >= 11 is 0. The predicted molar refractivity (Wildman–Crippen MR) is 102 cm³/mol. The molecule has 5 atom stereocenters. The zero-order valence-corrected chi connectivity index (χ0v) is 16.1. The number of carbonyl (C=O) groups excluding carboxylic acids is 1. The fraction of sp³-hybridized carbons (Fsp3) is 0.667. The van der Waals surface area contributed by atoms with Gasteiger partial charge in [-0.1, -0.05) is 17.9 Å². The molecule has 1 aromatic carbocycles. The number of quaternary nitrogens is 1. The minimum absolute atomic E-state index is 0. The van der Waals surface area contributed by atoms with E-state index in [1.807, 2.05) is 0 Å². The Labute approximate surface area is 183 Å². The molecule has 0 radical (unpaired) electrons. The number of aliphatic hydroxyl groups is 1. The summed E-state index contributed by atoms with van der Waals surface area (Å²) in [5.74, 6) is -3.98. The Morgan fingerprint density at radius 1 is 1.52 bits per heavy atom. The smallest absolute Gasteiger partial charge is 0.174 e. The Morgan fingerprint density at radius 3 is 3.07 bits per heavy atom. The molecule has 4 unspecified atom stereocenters. The van der Waals surface area contributed by atoms with Crippen LogP contribution in [0, 0.1) is 5.89 Å². The van der Waals surface area contributed by atoms with Crippen LogP contribution in [0.3, 0.4) is 0 Å². The van der Waals surface area contributed by atoms with Gasteiger partial charge in [0.15, 0.2) is 11.9 Å². The van der Waals surface area contributed by atoms with Crippen molar-refractivity contribution in [3.05, 3.63) is 23.3 Å². The summed E-state index contributed by atoms with van der Waals surface area (Å²) < 4.78 is 89.0. The lowest BCUT2D eigenvalue weighted by atomic mass is 9.48. The van der Waals surface area contributed by atoms with Crippen LogP contribution >= 0.6 is 17.0 Å². The summed E-state index contributed by atoms with van der Waals surface area (Å²) in [5, 5.41) is 25.1. The van der Waals surface area contributed by atoms with Crippen molar-refractivity contribution in [2.45, 2.75) is 61.6 Å². The molecule has 0 aromatic heterocycles. The van der Waals surface area contributed by atoms with Crippen molar-refractivity contribution in [1.29, 1.82) is 0 Å². The lowest BCUT2D eigenvalue weighted by Crippen LogP contribution is -2.80. The number of piperidine rings is 1. The van der Waals surface area contributed by atoms with Crippen molar-refractivity contribution in [1.82, 2.24) is 0 Å². The van der Waals surface area contributed by atoms with Gasteiger partial charge in [0.05, 0.1) is 32.3 Å². The van der Waals surface area contributed by atoms with Crippen LogP contribution in [0.15, 0.2) is 12.1 Å². The monoisotopic (exact) mass is 445 g/mol. The van der Waals surface area contributed by atoms with Gasteiger partial charge >= 0.3 is 0 Å². The quantitative estimate of drug-likeness (QED) is 0.702. The lowest BCUT2D eigenvalue weighted by Gasteiger charge is -2.64. The highest BCUT2D eigenvalue weighted by Crippen LogP contribution is 2.65. The Morgan fingerprint density at radius 2 is 2.33 bits per heavy atom. The maximum absolute atomic E-state index is 13.0. The number of likely N-dealkylation sites (N-methyl/N-ethyl adjacent to an activating group) is 1. The fourth-order valence-corrected chi connectivity index (χ4v) is 5.95. The summed E-state index contributed by atoms with van der Waals surface area (Å²) in [4.78, 5) is 13.0. The van der Waals surface area contributed by atoms with Crippen molar-refractivity contribution in [2.75, 3.05) is 20.0 Å². The Balaban J connectivity index is 0.00000280. The van der Waals surface area contributed by atoms with Gasteiger partial charge in [0, 0.05) is 37.6 Å². The number of likely N-dealkylation sites (tertiary alicyclic amines) is 1. The first-order valence-electron chi connectivity index (χ1n) is 13.9. The number of hydrogen-bond donors (Lipinski definition) is 1. The molecule has 2 aliphatic heterocycles. The maximum Gasteiger partial charge on any atom is 0.174 e. The summed E-state index contributed by atoms with van der Waals surface area (Å²) in [5.41, 5.74) is -2.74. The van der Waals surface area contributed by atoms with Crippen molar-refractivity contribution >= 4 is 22.8 Å². The average molecular weight is 446 g/mol. The van der Waals surface area contributed by atoms with E-state index < -0.39 is 72.1 Å². The van der Waals surface area contributed by atoms with Crippen molar-refractivity contribution in [3.63, 3.8) is 0 Å². The third-order valence-electron chi connectivity index (χ3n) is 7.07. The minimum atomic E-state index is -3.32. The van der Waals surface area contributed by atoms with Crippen LogP contribution in [0.25, 0.3) is 0 Å². The number of carbonyl (C=O) groups is 1. The highest BCUT2D eigenvalue weighted by Gasteiger charge is 2.76. The first-order valence-corrected chi connectivity index (χ1v) is 8.94. The SMILES string of the molecule is Br.[2H]C1([2H])C([2H])([2H])C1([2H])C([2H])([2H])[N+]1(C([2H])([2H])[2H])CCC23c4c5ccc([O-])c4OC2C(=O)CC[C@]3(O)C1C5. The topological polar surface area (TPSA) is 69.6 Å². The molecule has 2 bridgehead atoms. The maximum atomic E-state index is 13.0. The first-order chi connectivity index (χ1) is 16.3. The fourth-order valence-electron chi connectivity index (χ4n) is 5.95. The first kappa shape index (κ1) is 10.1. The molecule has 0 amide bonds. The molecular weight excluding hydrogens is 410 g/mol. The molecule has 3 fully saturated rings. The van der Waals surface area contributed by atoms with Gasteiger partial charge in [-0.25, -0.2) is 0 Å². The third-order valence-corrected chi connectivity index (χ3v) is 7.07. The second-order valence-electron chi connectivity index (χ2n) is 8.09. The van der Waals surface area contributed by atoms with Crippen molar-refractivity contribution < 1.29 is 37.9 Å². The van der Waals surface area contributed by atoms with Gasteiger partial charge in [-0.2, -0.15) is 0 Å². The van der Waals surface area contributed by atoms with Gasteiger partial charge in [0.2, 0.25) is 0 Å². The van der Waals surface area contributed by atoms with Crippen LogP contribution in [-0.4, -0.2) is 53.1 Å². The summed E-state index contributed by atoms with van der Waals surface area (Å²) in [7, 11) is 0. The predicted octanol–water partition coefficient (Wildman–Crippen LogP) is 1.62. The van der Waals surface area contributed by atoms with Crippen LogP contribution in [0.2, 0.25) is 0 Å². The van der Waals surface area contributed by atoms with E-state index >= 15 is 0 Å². The highest BCUT2D eigenvalue weighted by atomic mass is 79.9. The zero-order valence-electron chi connectivity index (χ0n) is 24.4. The molecule has 2 saturated carbocycles. The summed E-state index contributed by atoms with van der Waals surface area (Å²) in [6.07, 6.45) is -8.17. The Hall–Kier alpha value is -1.11. The molecule has 6 heteroatoms. The lowest BCUT2D eigenvalue weighted by molar-refractivity contribution is -0.950. The van der Waals surface area contributed by atoms with E-state index in [0.29, 0.717) is 11.1 Å². The average Bonchev–Trinajstić information content (AvgIpc) is 3.01. The number of Topliss-reactive ketones (excluding diaryl/α,β-unsaturated/α-hetero) is 1. The molecular formula is C21H26BrNO4. The molecule has 1 spiro atoms. The van der Waals surface area contributed by atoms with Gasteiger partial charge in [0.25, 0.3) is 0 Å². The molecule has 3 aliphatic carbocycles. The van der Waals surface area contributed by atoms with Crippen LogP contribution in [0.4, 0.5) is 0 Å². The van der Waals surface area contributed by atoms with Crippen molar-refractivity contribution in [3.8, 4) is 11.5 Å². The number of halogens is 1. The van der Waals surface area contributed by atoms with E-state index in [9.17, 15) is 15.0 Å². The Bertz CT molecular complexity index is 1230. The number of benzene rings is 1. The summed E-state index contributed by atoms with van der Waals surface area (Å²) in [6, 6.07) is 1.19. The minimum Gasteiger partial charge on any atom is -0.870 e. The number of nitrogens with zero attached hydrogens (tertiary/aromatic N) is 1. The molecule has 5 nitrogen and oxygen atoms in total. The molecule has 27 heavy (non-hydrogen) atoms. The standard InChI is InChI=1S/C21H25NO4.BrH/c1-22(11-12-2-3-12)9-8-20-17-13-4-5-14(23)18(17)26-19(20)15(24)6-7-21(20,25)16(22)10-13;/h4-5,12,16,19,25H,2-3,6-11H2,1H3;1H/t16?,19?,20?,21-,22?;/m0./s1/i1D3,2D2,3D2,11D2,12D;. The molecule has 1 saturated heterocycles. The number of hydrogen-bond acceptors (Lipinski definition) is 4. The van der Waals surface area contributed by atoms with Gasteiger partial charge in [0.1, 0.15) is 17.4 Å². The van der Waals surface area contributed by atoms with E-state index in [-0.39, 0.29) is 54.2 Å². The molecule has 5 aliphatic rings. The normalized spacial score (nSPS) is 54.9. The van der Waals surface area contributed by atoms with Crippen LogP contribution < -0.4 is 9.84 Å². The van der Waals surface area contributed by atoms with Gasteiger partial charge < -0.3 is 19.4 Å². The van der Waals surface area contributed by atoms with E-state index in [1.54, 1.807) is 0 Å². The number of ether oxygens (including phenoxy) is 1. The van der Waals surface area contributed by atoms with Gasteiger partial charge in [-0.3, -0.25) is 4.79 Å². The molecule has 146 valence electrons. The van der Waals surface area contributed by atoms with E-state index in [2.05, 4.69) is 0 Å². The zero-order chi connectivity index (χ0) is 26.7. The van der Waals surface area contributed by atoms with Crippen LogP contribution in [0.1, 0.15) is 56.8 Å². The third kappa shape index (κ3) is 1.94. The van der Waals surface area contributed by atoms with Gasteiger partial charge in [-0.15, -0.1) is 17.0 Å². The summed E-state index contributed by atoms with van der Waals surface area (Å²) in [6.45, 7) is -7.09. The molecule has 1 N–H and O–H groups in total. The van der Waals surface area contributed by atoms with Crippen molar-refractivity contribution in [2.24, 2.45) is 5.89 Å². The number of ketones is 1. The van der Waals surface area contributed by atoms with E-state index in [0.717, 1.165) is 0 Å². The second-order valence-corrected chi connectivity index (χ2v) is 8.09. The molecule has 2 heterocycles. The van der Waals surface area contributed by atoms with Gasteiger partial charge in [-0.05, 0) is 24.7 Å². The largest absolute Gasteiger partial charge is 0.870 e. The second kappa shape index (κ2) is 5.28. The Kier molecular flexibility index (Phi) is 1.97. The number of rotatable bonds is 2. The molecule has 1 aromatic rings. The van der Waals surface area contributed by atoms with E-state index in [4.69, 9.17) is 18.4 Å². The highest BCUT2D eigenvalue weighted by molar-refractivity contribution is 8.93. The molecule has 6 rings (SSSR count). The van der Waals surface area contributed by atoms with E-state index in [1.165, 1.54) is 12.1 Å². The van der Waals surface area contributed by atoms with Crippen LogP contribution in [0.5, 0.6) is 11.5 Å².